The molecule has 0 aliphatic carbocycles. The van der Waals surface area contributed by atoms with Crippen LogP contribution in [0.2, 0.25) is 0 Å². The van der Waals surface area contributed by atoms with Crippen LogP contribution in [0.15, 0.2) is 52.0 Å². The normalized spacial score (nSPS) is 14.3. The lowest BCUT2D eigenvalue weighted by molar-refractivity contribution is 0.0954. The molecular weight excluding hydrogens is 366 g/mol. The lowest BCUT2D eigenvalue weighted by Crippen LogP contribution is -2.18. The number of rotatable bonds is 4. The molecule has 1 aliphatic rings. The highest BCUT2D eigenvalue weighted by Crippen LogP contribution is 2.22. The van der Waals surface area contributed by atoms with E-state index in [4.69, 9.17) is 0 Å². The Kier molecular flexibility index (Phi) is 5.30. The highest BCUT2D eigenvalue weighted by Gasteiger charge is 2.12. The van der Waals surface area contributed by atoms with Gasteiger partial charge >= 0.3 is 0 Å². The minimum atomic E-state index is -0.231. The minimum Gasteiger partial charge on any atom is -0.372 e. The number of hydrogen-bond acceptors (Lipinski definition) is 3. The smallest absolute Gasteiger partial charge is 0.272 e. The number of nitrogens with one attached hydrogen (secondary N) is 1. The summed E-state index contributed by atoms with van der Waals surface area (Å²) < 4.78 is 0.754. The van der Waals surface area contributed by atoms with Crippen LogP contribution in [0.1, 0.15) is 34.3 Å². The highest BCUT2D eigenvalue weighted by atomic mass is 79.9. The fourth-order valence-electron chi connectivity index (χ4n) is 2.84. The first-order valence-electron chi connectivity index (χ1n) is 8.09. The van der Waals surface area contributed by atoms with Crippen LogP contribution < -0.4 is 10.3 Å². The molecule has 0 atom stereocenters. The first kappa shape index (κ1) is 16.7. The molecule has 0 saturated carbocycles. The van der Waals surface area contributed by atoms with Crippen molar-refractivity contribution >= 4 is 33.7 Å². The maximum Gasteiger partial charge on any atom is 0.272 e. The number of anilines is 1. The third kappa shape index (κ3) is 3.85. The fourth-order valence-corrected chi connectivity index (χ4v) is 3.31. The molecule has 0 unspecified atom stereocenters. The van der Waals surface area contributed by atoms with E-state index in [0.29, 0.717) is 5.56 Å². The van der Waals surface area contributed by atoms with Crippen molar-refractivity contribution in [2.75, 3.05) is 18.0 Å². The quantitative estimate of drug-likeness (QED) is 0.635. The lowest BCUT2D eigenvalue weighted by atomic mass is 10.1. The Morgan fingerprint density at radius 1 is 1.21 bits per heavy atom. The largest absolute Gasteiger partial charge is 0.372 e. The van der Waals surface area contributed by atoms with Crippen molar-refractivity contribution in [3.8, 4) is 0 Å². The molecule has 2 aromatic rings. The Bertz CT molecular complexity index is 767. The number of hydrazone groups is 1. The van der Waals surface area contributed by atoms with E-state index in [9.17, 15) is 4.79 Å². The van der Waals surface area contributed by atoms with Gasteiger partial charge in [0.25, 0.3) is 5.91 Å². The van der Waals surface area contributed by atoms with E-state index in [0.717, 1.165) is 28.7 Å². The van der Waals surface area contributed by atoms with Crippen LogP contribution in [-0.4, -0.2) is 25.2 Å². The second-order valence-corrected chi connectivity index (χ2v) is 6.77. The molecule has 5 heteroatoms. The number of aryl methyl sites for hydroxylation is 1. The first-order valence-corrected chi connectivity index (χ1v) is 8.88. The minimum absolute atomic E-state index is 0.231. The van der Waals surface area contributed by atoms with Crippen molar-refractivity contribution in [2.45, 2.75) is 19.8 Å². The van der Waals surface area contributed by atoms with Crippen molar-refractivity contribution in [2.24, 2.45) is 5.10 Å². The molecule has 1 N–H and O–H groups in total. The van der Waals surface area contributed by atoms with Crippen LogP contribution >= 0.6 is 15.9 Å². The van der Waals surface area contributed by atoms with Gasteiger partial charge in [0, 0.05) is 23.2 Å². The molecular formula is C19H20BrN3O. The molecule has 4 nitrogen and oxygen atoms in total. The molecule has 1 aliphatic heterocycles. The van der Waals surface area contributed by atoms with Crippen molar-refractivity contribution in [1.29, 1.82) is 0 Å². The van der Waals surface area contributed by atoms with E-state index >= 15 is 0 Å². The van der Waals surface area contributed by atoms with Crippen LogP contribution in [0.25, 0.3) is 0 Å². The average Bonchev–Trinajstić information content (AvgIpc) is 3.11. The number of benzene rings is 2. The van der Waals surface area contributed by atoms with Gasteiger partial charge in [-0.3, -0.25) is 4.79 Å². The van der Waals surface area contributed by atoms with Gasteiger partial charge in [-0.2, -0.15) is 5.10 Å². The van der Waals surface area contributed by atoms with E-state index in [2.05, 4.69) is 56.5 Å². The molecule has 1 heterocycles. The van der Waals surface area contributed by atoms with Crippen LogP contribution in [-0.2, 0) is 0 Å². The van der Waals surface area contributed by atoms with Crippen LogP contribution in [0.5, 0.6) is 0 Å². The predicted molar refractivity (Wildman–Crippen MR) is 102 cm³/mol. The Morgan fingerprint density at radius 3 is 2.67 bits per heavy atom. The van der Waals surface area contributed by atoms with Gasteiger partial charge in [-0.25, -0.2) is 5.43 Å². The van der Waals surface area contributed by atoms with Crippen molar-refractivity contribution < 1.29 is 4.79 Å². The van der Waals surface area contributed by atoms with Gasteiger partial charge in [0.2, 0.25) is 0 Å². The average molecular weight is 386 g/mol. The van der Waals surface area contributed by atoms with Gasteiger partial charge in [0.1, 0.15) is 0 Å². The molecule has 0 aromatic heterocycles. The van der Waals surface area contributed by atoms with E-state index in [-0.39, 0.29) is 5.91 Å². The van der Waals surface area contributed by atoms with E-state index in [1.54, 1.807) is 12.3 Å². The highest BCUT2D eigenvalue weighted by molar-refractivity contribution is 9.10. The first-order chi connectivity index (χ1) is 11.6. The van der Waals surface area contributed by atoms with Gasteiger partial charge in [0.15, 0.2) is 0 Å². The summed E-state index contributed by atoms with van der Waals surface area (Å²) in [5.41, 5.74) is 6.56. The van der Waals surface area contributed by atoms with Gasteiger partial charge in [0.05, 0.1) is 11.8 Å². The number of nitrogens with zero attached hydrogens (tertiary/aromatic N) is 2. The van der Waals surface area contributed by atoms with Crippen LogP contribution in [0.4, 0.5) is 5.69 Å². The van der Waals surface area contributed by atoms with Crippen molar-refractivity contribution in [3.05, 3.63) is 63.6 Å². The molecule has 1 fully saturated rings. The van der Waals surface area contributed by atoms with E-state index in [1.807, 2.05) is 18.2 Å². The monoisotopic (exact) mass is 385 g/mol. The molecule has 0 spiro atoms. The van der Waals surface area contributed by atoms with Crippen LogP contribution in [0, 0.1) is 6.92 Å². The zero-order valence-corrected chi connectivity index (χ0v) is 15.2. The Labute approximate surface area is 150 Å². The Hall–Kier alpha value is -2.14. The SMILES string of the molecule is Cc1cc(N2CCCC2)ccc1/C=N\NC(=O)c1ccccc1Br. The molecule has 1 saturated heterocycles. The maximum absolute atomic E-state index is 12.1. The summed E-state index contributed by atoms with van der Waals surface area (Å²) in [4.78, 5) is 14.5. The fraction of sp³-hybridized carbons (Fsp3) is 0.263. The second kappa shape index (κ2) is 7.62. The molecule has 1 amide bonds. The van der Waals surface area contributed by atoms with E-state index in [1.165, 1.54) is 18.5 Å². The molecule has 3 rings (SSSR count). The Balaban J connectivity index is 1.66. The summed E-state index contributed by atoms with van der Waals surface area (Å²) in [5.74, 6) is -0.231. The molecule has 0 radical (unpaired) electrons. The summed E-state index contributed by atoms with van der Waals surface area (Å²) in [6.45, 7) is 4.33. The van der Waals surface area contributed by atoms with Gasteiger partial charge in [-0.15, -0.1) is 0 Å². The molecule has 24 heavy (non-hydrogen) atoms. The third-order valence-electron chi connectivity index (χ3n) is 4.21. The standard InChI is InChI=1S/C19H20BrN3O/c1-14-12-16(23-10-4-5-11-23)9-8-15(14)13-21-22-19(24)17-6-2-3-7-18(17)20/h2-3,6-9,12-13H,4-5,10-11H2,1H3,(H,22,24)/b21-13-. The molecule has 2 aromatic carbocycles. The maximum atomic E-state index is 12.1. The number of hydrogen-bond donors (Lipinski definition) is 1. The van der Waals surface area contributed by atoms with E-state index < -0.39 is 0 Å². The molecule has 124 valence electrons. The number of carbonyl (C=O) groups is 1. The second-order valence-electron chi connectivity index (χ2n) is 5.91. The lowest BCUT2D eigenvalue weighted by Gasteiger charge is -2.18. The molecule has 0 bridgehead atoms. The van der Waals surface area contributed by atoms with Crippen molar-refractivity contribution in [1.82, 2.24) is 5.43 Å². The zero-order chi connectivity index (χ0) is 16.9. The summed E-state index contributed by atoms with van der Waals surface area (Å²) in [6.07, 6.45) is 4.23. The zero-order valence-electron chi connectivity index (χ0n) is 13.6. The third-order valence-corrected chi connectivity index (χ3v) is 4.90. The van der Waals surface area contributed by atoms with Gasteiger partial charge in [-0.1, -0.05) is 18.2 Å². The summed E-state index contributed by atoms with van der Waals surface area (Å²) in [5, 5.41) is 4.09. The van der Waals surface area contributed by atoms with Crippen molar-refractivity contribution in [3.63, 3.8) is 0 Å². The summed E-state index contributed by atoms with van der Waals surface area (Å²) in [7, 11) is 0. The number of carbonyl (C=O) groups excluding carboxylic acids is 1. The van der Waals surface area contributed by atoms with Gasteiger partial charge < -0.3 is 4.90 Å². The Morgan fingerprint density at radius 2 is 1.96 bits per heavy atom. The number of halogens is 1. The van der Waals surface area contributed by atoms with Gasteiger partial charge in [-0.05, 0) is 71.1 Å². The number of amides is 1. The van der Waals surface area contributed by atoms with Crippen LogP contribution in [0.3, 0.4) is 0 Å². The summed E-state index contributed by atoms with van der Waals surface area (Å²) >= 11 is 3.37. The topological polar surface area (TPSA) is 44.7 Å². The summed E-state index contributed by atoms with van der Waals surface area (Å²) in [6, 6.07) is 13.6. The predicted octanol–water partition coefficient (Wildman–Crippen LogP) is 4.12.